The lowest BCUT2D eigenvalue weighted by atomic mass is 10.0. The van der Waals surface area contributed by atoms with Crippen molar-refractivity contribution in [1.29, 1.82) is 0 Å². The molecular formula is C21H23ClN2O5. The summed E-state index contributed by atoms with van der Waals surface area (Å²) in [6, 6.07) is 12.3. The quantitative estimate of drug-likeness (QED) is 0.641. The summed E-state index contributed by atoms with van der Waals surface area (Å²) in [5.41, 5.74) is 0.828. The van der Waals surface area contributed by atoms with Gasteiger partial charge in [0.1, 0.15) is 11.8 Å². The van der Waals surface area contributed by atoms with Gasteiger partial charge in [-0.2, -0.15) is 0 Å². The molecule has 154 valence electrons. The molecule has 0 aliphatic carbocycles. The number of benzene rings is 2. The van der Waals surface area contributed by atoms with Gasteiger partial charge in [0.2, 0.25) is 0 Å². The first-order valence-electron chi connectivity index (χ1n) is 8.97. The standard InChI is InChI=1S/C21H23ClN2O5/c1-13(2)19(24-20(26)14-8-10-15(22)11-9-14)21(27)29-12-18(25)23-16-6-4-5-7-17(16)28-3/h4-11,13,19H,12H2,1-3H3,(H,23,25)(H,24,26). The topological polar surface area (TPSA) is 93.7 Å². The van der Waals surface area contributed by atoms with Crippen molar-refractivity contribution in [2.75, 3.05) is 19.0 Å². The van der Waals surface area contributed by atoms with Gasteiger partial charge in [0, 0.05) is 10.6 Å². The van der Waals surface area contributed by atoms with Crippen LogP contribution in [0.25, 0.3) is 0 Å². The lowest BCUT2D eigenvalue weighted by Crippen LogP contribution is -2.45. The average Bonchev–Trinajstić information content (AvgIpc) is 2.70. The maximum Gasteiger partial charge on any atom is 0.329 e. The highest BCUT2D eigenvalue weighted by atomic mass is 35.5. The number of hydrogen-bond donors (Lipinski definition) is 2. The van der Waals surface area contributed by atoms with Gasteiger partial charge in [0.05, 0.1) is 12.8 Å². The van der Waals surface area contributed by atoms with Gasteiger partial charge in [-0.15, -0.1) is 0 Å². The van der Waals surface area contributed by atoms with E-state index in [-0.39, 0.29) is 5.92 Å². The molecule has 0 spiro atoms. The summed E-state index contributed by atoms with van der Waals surface area (Å²) < 4.78 is 10.3. The van der Waals surface area contributed by atoms with Crippen LogP contribution in [0.1, 0.15) is 24.2 Å². The Morgan fingerprint density at radius 3 is 2.31 bits per heavy atom. The van der Waals surface area contributed by atoms with Crippen LogP contribution in [0.2, 0.25) is 5.02 Å². The highest BCUT2D eigenvalue weighted by molar-refractivity contribution is 6.30. The minimum Gasteiger partial charge on any atom is -0.495 e. The number of methoxy groups -OCH3 is 1. The van der Waals surface area contributed by atoms with Crippen LogP contribution in [0.3, 0.4) is 0 Å². The number of para-hydroxylation sites is 2. The van der Waals surface area contributed by atoms with E-state index in [0.717, 1.165) is 0 Å². The molecule has 0 heterocycles. The Morgan fingerprint density at radius 2 is 1.69 bits per heavy atom. The summed E-state index contributed by atoms with van der Waals surface area (Å²) in [5.74, 6) is -1.40. The van der Waals surface area contributed by atoms with E-state index in [1.165, 1.54) is 7.11 Å². The van der Waals surface area contributed by atoms with E-state index in [4.69, 9.17) is 21.1 Å². The van der Waals surface area contributed by atoms with Crippen molar-refractivity contribution >= 4 is 35.1 Å². The van der Waals surface area contributed by atoms with Gasteiger partial charge in [-0.05, 0) is 42.3 Å². The van der Waals surface area contributed by atoms with E-state index in [0.29, 0.717) is 22.0 Å². The Labute approximate surface area is 174 Å². The molecule has 29 heavy (non-hydrogen) atoms. The van der Waals surface area contributed by atoms with Gasteiger partial charge in [-0.1, -0.05) is 37.6 Å². The van der Waals surface area contributed by atoms with Crippen LogP contribution >= 0.6 is 11.6 Å². The van der Waals surface area contributed by atoms with E-state index in [2.05, 4.69) is 10.6 Å². The van der Waals surface area contributed by atoms with E-state index >= 15 is 0 Å². The lowest BCUT2D eigenvalue weighted by Gasteiger charge is -2.21. The Bertz CT molecular complexity index is 868. The van der Waals surface area contributed by atoms with Gasteiger partial charge in [0.25, 0.3) is 11.8 Å². The molecule has 8 heteroatoms. The van der Waals surface area contributed by atoms with Gasteiger partial charge >= 0.3 is 5.97 Å². The number of carbonyl (C=O) groups excluding carboxylic acids is 3. The Hall–Kier alpha value is -3.06. The smallest absolute Gasteiger partial charge is 0.329 e. The number of ether oxygens (including phenoxy) is 2. The monoisotopic (exact) mass is 418 g/mol. The van der Waals surface area contributed by atoms with E-state index in [1.54, 1.807) is 62.4 Å². The fourth-order valence-electron chi connectivity index (χ4n) is 2.48. The van der Waals surface area contributed by atoms with Crippen molar-refractivity contribution in [3.63, 3.8) is 0 Å². The summed E-state index contributed by atoms with van der Waals surface area (Å²) in [6.45, 7) is 3.04. The number of rotatable bonds is 8. The summed E-state index contributed by atoms with van der Waals surface area (Å²) in [7, 11) is 1.49. The minimum atomic E-state index is -0.905. The fourth-order valence-corrected chi connectivity index (χ4v) is 2.61. The van der Waals surface area contributed by atoms with E-state index in [9.17, 15) is 14.4 Å². The Kier molecular flexibility index (Phi) is 8.03. The average molecular weight is 419 g/mol. The number of halogens is 1. The molecule has 2 amide bonds. The summed E-state index contributed by atoms with van der Waals surface area (Å²) in [5, 5.41) is 5.75. The van der Waals surface area contributed by atoms with Crippen LogP contribution in [0, 0.1) is 5.92 Å². The summed E-state index contributed by atoms with van der Waals surface area (Å²) >= 11 is 5.82. The molecule has 7 nitrogen and oxygen atoms in total. The van der Waals surface area contributed by atoms with Crippen molar-refractivity contribution in [2.24, 2.45) is 5.92 Å². The molecule has 0 radical (unpaired) electrons. The first-order chi connectivity index (χ1) is 13.8. The van der Waals surface area contributed by atoms with Crippen molar-refractivity contribution < 1.29 is 23.9 Å². The molecule has 0 bridgehead atoms. The van der Waals surface area contributed by atoms with E-state index in [1.807, 2.05) is 0 Å². The van der Waals surface area contributed by atoms with Gasteiger partial charge in [-0.25, -0.2) is 4.79 Å². The Morgan fingerprint density at radius 1 is 1.03 bits per heavy atom. The molecule has 0 fully saturated rings. The zero-order valence-corrected chi connectivity index (χ0v) is 17.2. The highest BCUT2D eigenvalue weighted by Gasteiger charge is 2.27. The normalized spacial score (nSPS) is 11.5. The van der Waals surface area contributed by atoms with Crippen LogP contribution in [0.15, 0.2) is 48.5 Å². The van der Waals surface area contributed by atoms with Crippen LogP contribution in [-0.4, -0.2) is 37.5 Å². The van der Waals surface area contributed by atoms with Crippen LogP contribution < -0.4 is 15.4 Å². The van der Waals surface area contributed by atoms with Gasteiger partial charge in [-0.3, -0.25) is 9.59 Å². The maximum absolute atomic E-state index is 12.4. The number of anilines is 1. The molecule has 2 N–H and O–H groups in total. The summed E-state index contributed by atoms with van der Waals surface area (Å²) in [6.07, 6.45) is 0. The maximum atomic E-state index is 12.4. The van der Waals surface area contributed by atoms with Crippen molar-refractivity contribution in [3.8, 4) is 5.75 Å². The number of carbonyl (C=O) groups is 3. The van der Waals surface area contributed by atoms with Crippen LogP contribution in [0.5, 0.6) is 5.75 Å². The third-order valence-electron chi connectivity index (χ3n) is 4.04. The first kappa shape index (κ1) is 22.2. The van der Waals surface area contributed by atoms with Gasteiger partial charge < -0.3 is 20.1 Å². The molecule has 2 rings (SSSR count). The second-order valence-corrected chi connectivity index (χ2v) is 6.99. The molecule has 0 saturated heterocycles. The fraction of sp³-hybridized carbons (Fsp3) is 0.286. The summed E-state index contributed by atoms with van der Waals surface area (Å²) in [4.78, 5) is 36.9. The third-order valence-corrected chi connectivity index (χ3v) is 4.29. The molecule has 1 atom stereocenters. The van der Waals surface area contributed by atoms with E-state index < -0.39 is 30.4 Å². The molecule has 0 aromatic heterocycles. The van der Waals surface area contributed by atoms with Crippen LogP contribution in [0.4, 0.5) is 5.69 Å². The molecule has 0 saturated carbocycles. The second-order valence-electron chi connectivity index (χ2n) is 6.56. The number of hydrogen-bond acceptors (Lipinski definition) is 5. The molecule has 0 aliphatic heterocycles. The third kappa shape index (κ3) is 6.50. The van der Waals surface area contributed by atoms with Crippen molar-refractivity contribution in [1.82, 2.24) is 5.32 Å². The highest BCUT2D eigenvalue weighted by Crippen LogP contribution is 2.22. The number of amides is 2. The number of esters is 1. The van der Waals surface area contributed by atoms with Gasteiger partial charge in [0.15, 0.2) is 6.61 Å². The largest absolute Gasteiger partial charge is 0.495 e. The zero-order valence-electron chi connectivity index (χ0n) is 16.4. The van der Waals surface area contributed by atoms with Crippen molar-refractivity contribution in [3.05, 3.63) is 59.1 Å². The molecule has 2 aromatic carbocycles. The predicted molar refractivity (Wildman–Crippen MR) is 110 cm³/mol. The molecule has 2 aromatic rings. The van der Waals surface area contributed by atoms with Crippen LogP contribution in [-0.2, 0) is 14.3 Å². The Balaban J connectivity index is 1.94. The molecular weight excluding hydrogens is 396 g/mol. The zero-order chi connectivity index (χ0) is 21.4. The second kappa shape index (κ2) is 10.5. The number of nitrogens with one attached hydrogen (secondary N) is 2. The lowest BCUT2D eigenvalue weighted by molar-refractivity contribution is -0.150. The molecule has 1 unspecified atom stereocenters. The predicted octanol–water partition coefficient (Wildman–Crippen LogP) is 3.28. The SMILES string of the molecule is COc1ccccc1NC(=O)COC(=O)C(NC(=O)c1ccc(Cl)cc1)C(C)C. The molecule has 0 aliphatic rings. The minimum absolute atomic E-state index is 0.240. The van der Waals surface area contributed by atoms with Crippen molar-refractivity contribution in [2.45, 2.75) is 19.9 Å². The first-order valence-corrected chi connectivity index (χ1v) is 9.35.